The van der Waals surface area contributed by atoms with Crippen molar-refractivity contribution in [3.63, 3.8) is 0 Å². The second-order valence-electron chi connectivity index (χ2n) is 4.94. The van der Waals surface area contributed by atoms with Gasteiger partial charge in [-0.3, -0.25) is 10.1 Å². The molecule has 8 heteroatoms. The lowest BCUT2D eigenvalue weighted by atomic mass is 10.1. The standard InChI is InChI=1S/C15H11F2N3O2S/c1-8(9-3-2-4-10(5-9)20(21)22)23-15-18-13-6-11(16)12(17)7-14(13)19-15/h2-8H,1H3,(H,18,19)/t8-/m0/s1. The van der Waals surface area contributed by atoms with E-state index in [9.17, 15) is 18.9 Å². The molecule has 0 radical (unpaired) electrons. The van der Waals surface area contributed by atoms with Crippen LogP contribution in [0.2, 0.25) is 0 Å². The molecule has 0 amide bonds. The molecule has 0 bridgehead atoms. The quantitative estimate of drug-likeness (QED) is 0.429. The molecule has 3 rings (SSSR count). The van der Waals surface area contributed by atoms with E-state index in [0.29, 0.717) is 16.2 Å². The summed E-state index contributed by atoms with van der Waals surface area (Å²) in [5, 5.41) is 11.2. The Morgan fingerprint density at radius 2 is 2.00 bits per heavy atom. The molecule has 0 saturated heterocycles. The van der Waals surface area contributed by atoms with Crippen molar-refractivity contribution in [3.05, 3.63) is 63.7 Å². The Hall–Kier alpha value is -2.48. The van der Waals surface area contributed by atoms with Crippen molar-refractivity contribution in [2.75, 3.05) is 0 Å². The highest BCUT2D eigenvalue weighted by atomic mass is 32.2. The second kappa shape index (κ2) is 5.96. The fourth-order valence-corrected chi connectivity index (χ4v) is 3.10. The Kier molecular flexibility index (Phi) is 3.99. The highest BCUT2D eigenvalue weighted by Crippen LogP contribution is 2.35. The molecule has 1 N–H and O–H groups in total. The van der Waals surface area contributed by atoms with E-state index in [1.807, 2.05) is 6.92 Å². The van der Waals surface area contributed by atoms with Crippen LogP contribution >= 0.6 is 11.8 Å². The predicted octanol–water partition coefficient (Wildman–Crippen LogP) is 4.60. The largest absolute Gasteiger partial charge is 0.333 e. The SMILES string of the molecule is C[C@H](Sc1nc2cc(F)c(F)cc2[nH]1)c1cccc([N+](=O)[O-])c1. The first-order valence-corrected chi connectivity index (χ1v) is 7.58. The average Bonchev–Trinajstić information content (AvgIpc) is 2.89. The van der Waals surface area contributed by atoms with E-state index in [0.717, 1.165) is 17.7 Å². The predicted molar refractivity (Wildman–Crippen MR) is 83.4 cm³/mol. The molecule has 5 nitrogen and oxygen atoms in total. The number of thioether (sulfide) groups is 1. The van der Waals surface area contributed by atoms with Crippen LogP contribution in [-0.2, 0) is 0 Å². The number of fused-ring (bicyclic) bond motifs is 1. The van der Waals surface area contributed by atoms with Crippen LogP contribution in [0.3, 0.4) is 0 Å². The van der Waals surface area contributed by atoms with Gasteiger partial charge in [-0.05, 0) is 12.5 Å². The number of aromatic nitrogens is 2. The van der Waals surface area contributed by atoms with Crippen LogP contribution in [0.5, 0.6) is 0 Å². The lowest BCUT2D eigenvalue weighted by Crippen LogP contribution is -1.93. The molecule has 0 unspecified atom stereocenters. The van der Waals surface area contributed by atoms with Crippen molar-refractivity contribution in [2.45, 2.75) is 17.3 Å². The fraction of sp³-hybridized carbons (Fsp3) is 0.133. The van der Waals surface area contributed by atoms with Gasteiger partial charge in [0.25, 0.3) is 5.69 Å². The zero-order valence-corrected chi connectivity index (χ0v) is 12.7. The Morgan fingerprint density at radius 1 is 1.26 bits per heavy atom. The minimum absolute atomic E-state index is 0.0173. The third-order valence-corrected chi connectivity index (χ3v) is 4.38. The van der Waals surface area contributed by atoms with Crippen molar-refractivity contribution in [3.8, 4) is 0 Å². The Balaban J connectivity index is 1.86. The topological polar surface area (TPSA) is 71.8 Å². The van der Waals surface area contributed by atoms with Crippen LogP contribution in [-0.4, -0.2) is 14.9 Å². The molecule has 0 fully saturated rings. The number of nitro groups is 1. The maximum atomic E-state index is 13.2. The Bertz CT molecular complexity index is 859. The molecule has 0 saturated carbocycles. The average molecular weight is 335 g/mol. The lowest BCUT2D eigenvalue weighted by molar-refractivity contribution is -0.384. The zero-order valence-electron chi connectivity index (χ0n) is 11.9. The van der Waals surface area contributed by atoms with Gasteiger partial charge in [-0.1, -0.05) is 23.9 Å². The first-order chi connectivity index (χ1) is 10.9. The summed E-state index contributed by atoms with van der Waals surface area (Å²) in [6.45, 7) is 1.87. The summed E-state index contributed by atoms with van der Waals surface area (Å²) >= 11 is 1.32. The molecule has 23 heavy (non-hydrogen) atoms. The van der Waals surface area contributed by atoms with Crippen LogP contribution in [0.4, 0.5) is 14.5 Å². The van der Waals surface area contributed by atoms with E-state index in [1.54, 1.807) is 12.1 Å². The molecule has 2 aromatic carbocycles. The summed E-state index contributed by atoms with van der Waals surface area (Å²) in [6.07, 6.45) is 0. The normalized spacial score (nSPS) is 12.5. The van der Waals surface area contributed by atoms with E-state index in [1.165, 1.54) is 23.9 Å². The highest BCUT2D eigenvalue weighted by molar-refractivity contribution is 7.99. The van der Waals surface area contributed by atoms with Crippen molar-refractivity contribution in [1.82, 2.24) is 9.97 Å². The summed E-state index contributed by atoms with van der Waals surface area (Å²) in [7, 11) is 0. The number of benzene rings is 2. The van der Waals surface area contributed by atoms with E-state index < -0.39 is 16.6 Å². The summed E-state index contributed by atoms with van der Waals surface area (Å²) in [6, 6.07) is 8.41. The number of nitro benzene ring substituents is 1. The molecule has 0 aliphatic rings. The number of nitrogens with zero attached hydrogens (tertiary/aromatic N) is 2. The Morgan fingerprint density at radius 3 is 2.74 bits per heavy atom. The minimum atomic E-state index is -0.952. The first-order valence-electron chi connectivity index (χ1n) is 6.70. The van der Waals surface area contributed by atoms with E-state index in [-0.39, 0.29) is 10.9 Å². The number of H-pyrrole nitrogens is 1. The molecule has 0 aliphatic carbocycles. The molecule has 118 valence electrons. The zero-order chi connectivity index (χ0) is 16.6. The number of halogens is 2. The van der Waals surface area contributed by atoms with Gasteiger partial charge in [0.05, 0.1) is 16.0 Å². The van der Waals surface area contributed by atoms with Crippen LogP contribution < -0.4 is 0 Å². The van der Waals surface area contributed by atoms with Gasteiger partial charge in [-0.2, -0.15) is 0 Å². The van der Waals surface area contributed by atoms with Crippen molar-refractivity contribution in [1.29, 1.82) is 0 Å². The maximum Gasteiger partial charge on any atom is 0.269 e. The summed E-state index contributed by atoms with van der Waals surface area (Å²) < 4.78 is 26.4. The van der Waals surface area contributed by atoms with E-state index in [4.69, 9.17) is 0 Å². The smallest absolute Gasteiger partial charge is 0.269 e. The summed E-state index contributed by atoms with van der Waals surface area (Å²) in [4.78, 5) is 17.5. The first kappa shape index (κ1) is 15.4. The lowest BCUT2D eigenvalue weighted by Gasteiger charge is -2.09. The maximum absolute atomic E-state index is 13.2. The third-order valence-electron chi connectivity index (χ3n) is 3.34. The monoisotopic (exact) mass is 335 g/mol. The van der Waals surface area contributed by atoms with Crippen molar-refractivity contribution < 1.29 is 13.7 Å². The molecule has 1 aromatic heterocycles. The van der Waals surface area contributed by atoms with Crippen molar-refractivity contribution in [2.24, 2.45) is 0 Å². The molecular formula is C15H11F2N3O2S. The van der Waals surface area contributed by atoms with Crippen LogP contribution in [0.15, 0.2) is 41.6 Å². The number of rotatable bonds is 4. The van der Waals surface area contributed by atoms with E-state index >= 15 is 0 Å². The number of imidazole rings is 1. The molecule has 1 atom stereocenters. The molecule has 0 aliphatic heterocycles. The van der Waals surface area contributed by atoms with Gasteiger partial charge in [0, 0.05) is 29.5 Å². The van der Waals surface area contributed by atoms with Gasteiger partial charge >= 0.3 is 0 Å². The molecule has 0 spiro atoms. The van der Waals surface area contributed by atoms with Gasteiger partial charge in [0.1, 0.15) is 0 Å². The van der Waals surface area contributed by atoms with Crippen LogP contribution in [0.1, 0.15) is 17.7 Å². The molecular weight excluding hydrogens is 324 g/mol. The summed E-state index contributed by atoms with van der Waals surface area (Å²) in [5.41, 5.74) is 1.51. The van der Waals surface area contributed by atoms with Crippen LogP contribution in [0, 0.1) is 21.7 Å². The second-order valence-corrected chi connectivity index (χ2v) is 6.27. The number of hydrogen-bond donors (Lipinski definition) is 1. The molecule has 1 heterocycles. The minimum Gasteiger partial charge on any atom is -0.333 e. The number of nitrogens with one attached hydrogen (secondary N) is 1. The summed E-state index contributed by atoms with van der Waals surface area (Å²) in [5.74, 6) is -1.89. The number of hydrogen-bond acceptors (Lipinski definition) is 4. The van der Waals surface area contributed by atoms with Gasteiger partial charge < -0.3 is 4.98 Å². The van der Waals surface area contributed by atoms with E-state index in [2.05, 4.69) is 9.97 Å². The van der Waals surface area contributed by atoms with Gasteiger partial charge in [-0.15, -0.1) is 0 Å². The Labute approximate surface area is 133 Å². The molecule has 3 aromatic rings. The number of non-ortho nitro benzene ring substituents is 1. The van der Waals surface area contributed by atoms with Crippen LogP contribution in [0.25, 0.3) is 11.0 Å². The fourth-order valence-electron chi connectivity index (χ4n) is 2.16. The van der Waals surface area contributed by atoms with Crippen molar-refractivity contribution >= 4 is 28.5 Å². The third kappa shape index (κ3) is 3.16. The van der Waals surface area contributed by atoms with Gasteiger partial charge in [-0.25, -0.2) is 13.8 Å². The number of aromatic amines is 1. The van der Waals surface area contributed by atoms with Gasteiger partial charge in [0.2, 0.25) is 0 Å². The van der Waals surface area contributed by atoms with Gasteiger partial charge in [0.15, 0.2) is 16.8 Å². The highest BCUT2D eigenvalue weighted by Gasteiger charge is 2.15.